The first-order valence-corrected chi connectivity index (χ1v) is 11.5. The summed E-state index contributed by atoms with van der Waals surface area (Å²) in [6.45, 7) is 0. The third-order valence-corrected chi connectivity index (χ3v) is 7.93. The van der Waals surface area contributed by atoms with Crippen molar-refractivity contribution in [3.8, 4) is 0 Å². The number of nitrogens with zero attached hydrogens (tertiary/aromatic N) is 5. The van der Waals surface area contributed by atoms with Crippen molar-refractivity contribution in [2.45, 2.75) is 56.9 Å². The van der Waals surface area contributed by atoms with E-state index in [0.29, 0.717) is 35.1 Å². The number of aromatic nitrogens is 4. The maximum atomic E-state index is 11.2. The van der Waals surface area contributed by atoms with E-state index >= 15 is 0 Å². The van der Waals surface area contributed by atoms with Crippen LogP contribution in [0.25, 0.3) is 0 Å². The quantitative estimate of drug-likeness (QED) is 0.386. The molecule has 4 fully saturated rings. The maximum Gasteiger partial charge on any atom is 0.307 e. The van der Waals surface area contributed by atoms with Gasteiger partial charge >= 0.3 is 5.69 Å². The Labute approximate surface area is 190 Å². The minimum absolute atomic E-state index is 0.0670. The Morgan fingerprint density at radius 1 is 1.19 bits per heavy atom. The largest absolute Gasteiger partial charge is 0.425 e. The molecular weight excluding hydrogens is 430 g/mol. The van der Waals surface area contributed by atoms with E-state index in [0.717, 1.165) is 44.1 Å². The third-order valence-electron chi connectivity index (χ3n) is 7.70. The molecule has 0 radical (unpaired) electrons. The van der Waals surface area contributed by atoms with Crippen molar-refractivity contribution in [1.82, 2.24) is 20.0 Å². The van der Waals surface area contributed by atoms with Gasteiger partial charge < -0.3 is 4.42 Å². The first-order valence-electron chi connectivity index (χ1n) is 11.2. The van der Waals surface area contributed by atoms with Gasteiger partial charge in [-0.2, -0.15) is 5.10 Å². The van der Waals surface area contributed by atoms with Crippen LogP contribution in [0.5, 0.6) is 0 Å². The topological polar surface area (TPSA) is 99.9 Å². The van der Waals surface area contributed by atoms with Crippen LogP contribution in [-0.2, 0) is 18.4 Å². The Morgan fingerprint density at radius 3 is 2.69 bits per heavy atom. The van der Waals surface area contributed by atoms with Gasteiger partial charge in [0.1, 0.15) is 12.4 Å². The van der Waals surface area contributed by atoms with Crippen molar-refractivity contribution in [3.05, 3.63) is 69.1 Å². The highest BCUT2D eigenvalue weighted by Crippen LogP contribution is 2.65. The van der Waals surface area contributed by atoms with Crippen LogP contribution in [0.15, 0.2) is 41.1 Å². The number of benzene rings is 1. The van der Waals surface area contributed by atoms with Gasteiger partial charge in [-0.25, -0.2) is 0 Å². The summed E-state index contributed by atoms with van der Waals surface area (Å²) in [6.07, 6.45) is 10.9. The maximum absolute atomic E-state index is 11.2. The first-order chi connectivity index (χ1) is 15.4. The molecule has 0 N–H and O–H groups in total. The summed E-state index contributed by atoms with van der Waals surface area (Å²) in [5, 5.41) is 25.0. The minimum Gasteiger partial charge on any atom is -0.425 e. The van der Waals surface area contributed by atoms with Gasteiger partial charge in [0.25, 0.3) is 0 Å². The lowest BCUT2D eigenvalue weighted by Gasteiger charge is -2.61. The van der Waals surface area contributed by atoms with Crippen molar-refractivity contribution >= 4 is 17.3 Å². The Bertz CT molecular complexity index is 1170. The fourth-order valence-electron chi connectivity index (χ4n) is 7.12. The molecule has 0 saturated heterocycles. The van der Waals surface area contributed by atoms with E-state index in [1.54, 1.807) is 6.20 Å². The van der Waals surface area contributed by atoms with Gasteiger partial charge in [-0.1, -0.05) is 23.7 Å². The van der Waals surface area contributed by atoms with Gasteiger partial charge in [0, 0.05) is 11.4 Å². The summed E-state index contributed by atoms with van der Waals surface area (Å²) >= 11 is 6.09. The van der Waals surface area contributed by atoms with Crippen LogP contribution in [0.1, 0.15) is 55.9 Å². The van der Waals surface area contributed by atoms with Crippen molar-refractivity contribution < 1.29 is 9.34 Å². The van der Waals surface area contributed by atoms with Crippen LogP contribution >= 0.6 is 11.6 Å². The van der Waals surface area contributed by atoms with Crippen LogP contribution < -0.4 is 0 Å². The molecule has 9 heteroatoms. The standard InChI is InChI=1S/C23H24ClN5O3/c24-18-3-1-2-15(5-18)6-20-26-27-21(32-20)11-22-7-16-4-17(8-22)10-23(9-16,14-22)28-13-19(12-25-28)29(30)31/h1-3,5,12-13,16-17H,4,6-11,14H2. The lowest BCUT2D eigenvalue weighted by molar-refractivity contribution is -0.385. The molecule has 4 bridgehead atoms. The Balaban J connectivity index is 1.24. The van der Waals surface area contributed by atoms with E-state index < -0.39 is 0 Å². The second-order valence-electron chi connectivity index (χ2n) is 10.2. The van der Waals surface area contributed by atoms with Crippen molar-refractivity contribution in [1.29, 1.82) is 0 Å². The van der Waals surface area contributed by atoms with E-state index in [9.17, 15) is 10.1 Å². The third kappa shape index (κ3) is 3.41. The van der Waals surface area contributed by atoms with Crippen LogP contribution in [0.2, 0.25) is 5.02 Å². The van der Waals surface area contributed by atoms with Gasteiger partial charge in [-0.15, -0.1) is 10.2 Å². The van der Waals surface area contributed by atoms with Gasteiger partial charge in [-0.3, -0.25) is 14.8 Å². The molecule has 0 aliphatic heterocycles. The first kappa shape index (κ1) is 19.9. The average Bonchev–Trinajstić information content (AvgIpc) is 3.37. The second-order valence-corrected chi connectivity index (χ2v) is 10.6. The Hall–Kier alpha value is -2.74. The predicted molar refractivity (Wildman–Crippen MR) is 116 cm³/mol. The molecule has 4 saturated carbocycles. The summed E-state index contributed by atoms with van der Waals surface area (Å²) in [5.41, 5.74) is 1.06. The predicted octanol–water partition coefficient (Wildman–Crippen LogP) is 4.96. The van der Waals surface area contributed by atoms with Gasteiger partial charge in [0.2, 0.25) is 11.8 Å². The van der Waals surface area contributed by atoms with Crippen molar-refractivity contribution in [2.24, 2.45) is 17.3 Å². The summed E-state index contributed by atoms with van der Waals surface area (Å²) in [4.78, 5) is 10.9. The molecule has 4 aliphatic carbocycles. The summed E-state index contributed by atoms with van der Waals surface area (Å²) in [5.74, 6) is 2.52. The van der Waals surface area contributed by atoms with Gasteiger partial charge in [-0.05, 0) is 73.5 Å². The summed E-state index contributed by atoms with van der Waals surface area (Å²) in [6, 6.07) is 7.68. The zero-order valence-electron chi connectivity index (χ0n) is 17.6. The van der Waals surface area contributed by atoms with E-state index in [1.807, 2.05) is 28.9 Å². The van der Waals surface area contributed by atoms with E-state index in [-0.39, 0.29) is 21.6 Å². The second kappa shape index (κ2) is 7.13. The van der Waals surface area contributed by atoms with Crippen molar-refractivity contribution in [3.63, 3.8) is 0 Å². The van der Waals surface area contributed by atoms with Crippen LogP contribution in [0.3, 0.4) is 0 Å². The van der Waals surface area contributed by atoms with Crippen LogP contribution in [0, 0.1) is 27.4 Å². The number of rotatable bonds is 6. The van der Waals surface area contributed by atoms with Crippen LogP contribution in [0.4, 0.5) is 5.69 Å². The highest BCUT2D eigenvalue weighted by atomic mass is 35.5. The molecule has 2 aromatic heterocycles. The van der Waals surface area contributed by atoms with Crippen molar-refractivity contribution in [2.75, 3.05) is 0 Å². The zero-order valence-corrected chi connectivity index (χ0v) is 18.4. The molecule has 32 heavy (non-hydrogen) atoms. The molecule has 0 amide bonds. The minimum atomic E-state index is -0.361. The molecule has 7 rings (SSSR count). The Kier molecular flexibility index (Phi) is 4.44. The molecule has 8 nitrogen and oxygen atoms in total. The zero-order chi connectivity index (χ0) is 21.9. The van der Waals surface area contributed by atoms with E-state index in [1.165, 1.54) is 12.6 Å². The molecule has 2 unspecified atom stereocenters. The number of hydrogen-bond donors (Lipinski definition) is 0. The fourth-order valence-corrected chi connectivity index (χ4v) is 7.33. The van der Waals surface area contributed by atoms with Gasteiger partial charge in [0.15, 0.2) is 0 Å². The van der Waals surface area contributed by atoms with E-state index in [4.69, 9.17) is 16.0 Å². The number of halogens is 1. The average molecular weight is 454 g/mol. The summed E-state index contributed by atoms with van der Waals surface area (Å²) < 4.78 is 7.96. The van der Waals surface area contributed by atoms with Gasteiger partial charge in [0.05, 0.1) is 16.9 Å². The smallest absolute Gasteiger partial charge is 0.307 e. The highest BCUT2D eigenvalue weighted by molar-refractivity contribution is 6.30. The number of hydrogen-bond acceptors (Lipinski definition) is 6. The number of nitro groups is 1. The molecule has 2 atom stereocenters. The fraction of sp³-hybridized carbons (Fsp3) is 0.522. The molecule has 1 aromatic carbocycles. The molecule has 3 aromatic rings. The summed E-state index contributed by atoms with van der Waals surface area (Å²) in [7, 11) is 0. The lowest BCUT2D eigenvalue weighted by Crippen LogP contribution is -2.57. The Morgan fingerprint density at radius 2 is 1.97 bits per heavy atom. The molecule has 0 spiro atoms. The molecular formula is C23H24ClN5O3. The monoisotopic (exact) mass is 453 g/mol. The molecule has 4 aliphatic rings. The SMILES string of the molecule is O=[N+]([O-])c1cnn(C23CC4CC(CC(Cc5nnc(Cc6cccc(Cl)c6)o5)(C4)C2)C3)c1. The lowest BCUT2D eigenvalue weighted by atomic mass is 9.46. The molecule has 2 heterocycles. The van der Waals surface area contributed by atoms with Crippen LogP contribution in [-0.4, -0.2) is 24.9 Å². The normalized spacial score (nSPS) is 30.7. The molecule has 166 valence electrons. The van der Waals surface area contributed by atoms with E-state index in [2.05, 4.69) is 15.3 Å². The highest BCUT2D eigenvalue weighted by Gasteiger charge is 2.59.